The van der Waals surface area contributed by atoms with E-state index >= 15 is 0 Å². The van der Waals surface area contributed by atoms with Gasteiger partial charge in [-0.2, -0.15) is 5.26 Å². The highest BCUT2D eigenvalue weighted by Crippen LogP contribution is 2.45. The minimum Gasteiger partial charge on any atom is -0.361 e. The lowest BCUT2D eigenvalue weighted by molar-refractivity contribution is 0.494. The van der Waals surface area contributed by atoms with Gasteiger partial charge in [-0.25, -0.2) is 0 Å². The van der Waals surface area contributed by atoms with Crippen LogP contribution >= 0.6 is 11.3 Å². The van der Waals surface area contributed by atoms with Crippen LogP contribution in [0.5, 0.6) is 0 Å². The van der Waals surface area contributed by atoms with Crippen molar-refractivity contribution >= 4 is 17.0 Å². The Kier molecular flexibility index (Phi) is 4.38. The Labute approximate surface area is 141 Å². The zero-order chi connectivity index (χ0) is 16.4. The van der Waals surface area contributed by atoms with Gasteiger partial charge >= 0.3 is 0 Å². The molecule has 5 heteroatoms. The van der Waals surface area contributed by atoms with Crippen LogP contribution in [0.2, 0.25) is 0 Å². The second kappa shape index (κ2) is 6.31. The molecule has 2 aromatic rings. The maximum atomic E-state index is 9.23. The van der Waals surface area contributed by atoms with Crippen molar-refractivity contribution in [1.29, 1.82) is 5.26 Å². The summed E-state index contributed by atoms with van der Waals surface area (Å²) in [5, 5.41) is 14.6. The minimum absolute atomic E-state index is 0.00152. The van der Waals surface area contributed by atoms with Crippen LogP contribution in [-0.2, 0) is 5.41 Å². The fourth-order valence-corrected chi connectivity index (χ4v) is 4.21. The van der Waals surface area contributed by atoms with E-state index in [1.807, 2.05) is 13.1 Å². The van der Waals surface area contributed by atoms with Gasteiger partial charge in [0.25, 0.3) is 0 Å². The van der Waals surface area contributed by atoms with Crippen LogP contribution in [0, 0.1) is 11.3 Å². The molecule has 1 aliphatic rings. The minimum atomic E-state index is -0.00152. The quantitative estimate of drug-likeness (QED) is 0.914. The van der Waals surface area contributed by atoms with E-state index in [1.54, 1.807) is 17.5 Å². The number of aromatic nitrogens is 1. The SMILES string of the molecule is CNCC[C@H](c1cccs1)N1CC(C)(C)c2ncc(C#N)cc21. The standard InChI is InChI=1S/C18H22N4S/c1-18(2)12-22(15-9-13(10-19)11-21-17(15)18)14(6-7-20-3)16-5-4-8-23-16/h4-5,8-9,11,14,20H,6-7,12H2,1-3H3/t14-/m1/s1. The number of fused-ring (bicyclic) bond motifs is 1. The molecule has 4 nitrogen and oxygen atoms in total. The summed E-state index contributed by atoms with van der Waals surface area (Å²) in [6.07, 6.45) is 2.72. The van der Waals surface area contributed by atoms with E-state index in [1.165, 1.54) is 4.88 Å². The summed E-state index contributed by atoms with van der Waals surface area (Å²) in [5.74, 6) is 0. The van der Waals surface area contributed by atoms with E-state index in [0.29, 0.717) is 11.6 Å². The van der Waals surface area contributed by atoms with Gasteiger partial charge in [-0.3, -0.25) is 4.98 Å². The zero-order valence-electron chi connectivity index (χ0n) is 13.8. The van der Waals surface area contributed by atoms with Gasteiger partial charge < -0.3 is 10.2 Å². The van der Waals surface area contributed by atoms with Gasteiger partial charge in [0.2, 0.25) is 0 Å². The van der Waals surface area contributed by atoms with Gasteiger partial charge in [0.05, 0.1) is 23.0 Å². The lowest BCUT2D eigenvalue weighted by atomic mass is 9.91. The molecule has 1 N–H and O–H groups in total. The lowest BCUT2D eigenvalue weighted by Gasteiger charge is -2.31. The number of anilines is 1. The Morgan fingerprint density at radius 3 is 3.00 bits per heavy atom. The van der Waals surface area contributed by atoms with Crippen molar-refractivity contribution in [2.45, 2.75) is 31.7 Å². The fourth-order valence-electron chi connectivity index (χ4n) is 3.33. The number of hydrogen-bond acceptors (Lipinski definition) is 5. The second-order valence-electron chi connectivity index (χ2n) is 6.64. The van der Waals surface area contributed by atoms with E-state index in [4.69, 9.17) is 0 Å². The number of hydrogen-bond donors (Lipinski definition) is 1. The first-order valence-corrected chi connectivity index (χ1v) is 8.80. The van der Waals surface area contributed by atoms with Gasteiger partial charge in [0, 0.05) is 23.0 Å². The van der Waals surface area contributed by atoms with E-state index < -0.39 is 0 Å². The molecule has 0 amide bonds. The van der Waals surface area contributed by atoms with Gasteiger partial charge in [-0.15, -0.1) is 11.3 Å². The van der Waals surface area contributed by atoms with E-state index in [2.05, 4.69) is 52.6 Å². The van der Waals surface area contributed by atoms with Gasteiger partial charge in [-0.05, 0) is 37.5 Å². The van der Waals surface area contributed by atoms with Gasteiger partial charge in [0.1, 0.15) is 6.07 Å². The molecule has 0 saturated heterocycles. The van der Waals surface area contributed by atoms with Crippen LogP contribution in [0.1, 0.15) is 42.4 Å². The van der Waals surface area contributed by atoms with Crippen LogP contribution < -0.4 is 10.2 Å². The summed E-state index contributed by atoms with van der Waals surface area (Å²) in [7, 11) is 1.99. The highest BCUT2D eigenvalue weighted by atomic mass is 32.1. The van der Waals surface area contributed by atoms with Crippen molar-refractivity contribution in [2.24, 2.45) is 0 Å². The molecule has 0 aromatic carbocycles. The van der Waals surface area contributed by atoms with Crippen molar-refractivity contribution in [3.05, 3.63) is 45.9 Å². The van der Waals surface area contributed by atoms with Crippen LogP contribution in [-0.4, -0.2) is 25.1 Å². The molecule has 1 aliphatic heterocycles. The molecule has 0 radical (unpaired) electrons. The molecule has 120 valence electrons. The molecule has 2 aromatic heterocycles. The van der Waals surface area contributed by atoms with Gasteiger partial charge in [0.15, 0.2) is 0 Å². The molecule has 0 unspecified atom stereocenters. The van der Waals surface area contributed by atoms with Crippen molar-refractivity contribution in [1.82, 2.24) is 10.3 Å². The Morgan fingerprint density at radius 2 is 2.35 bits per heavy atom. The third-order valence-electron chi connectivity index (χ3n) is 4.43. The second-order valence-corrected chi connectivity index (χ2v) is 7.62. The molecule has 0 bridgehead atoms. The Balaban J connectivity index is 2.04. The largest absolute Gasteiger partial charge is 0.361 e. The molecule has 0 spiro atoms. The molecule has 1 atom stereocenters. The van der Waals surface area contributed by atoms with Crippen molar-refractivity contribution in [3.8, 4) is 6.07 Å². The number of rotatable bonds is 5. The molecule has 0 saturated carbocycles. The normalized spacial score (nSPS) is 16.9. The highest BCUT2D eigenvalue weighted by molar-refractivity contribution is 7.10. The summed E-state index contributed by atoms with van der Waals surface area (Å²) in [6.45, 7) is 6.35. The first-order chi connectivity index (χ1) is 11.1. The molecule has 0 fully saturated rings. The van der Waals surface area contributed by atoms with Gasteiger partial charge in [-0.1, -0.05) is 19.9 Å². The predicted molar refractivity (Wildman–Crippen MR) is 94.9 cm³/mol. The van der Waals surface area contributed by atoms with Crippen molar-refractivity contribution < 1.29 is 0 Å². The molecular weight excluding hydrogens is 304 g/mol. The summed E-state index contributed by atoms with van der Waals surface area (Å²) >= 11 is 1.80. The Bertz CT molecular complexity index is 715. The Hall–Kier alpha value is -1.90. The lowest BCUT2D eigenvalue weighted by Crippen LogP contribution is -2.33. The van der Waals surface area contributed by atoms with E-state index in [-0.39, 0.29) is 5.41 Å². The maximum absolute atomic E-state index is 9.23. The van der Waals surface area contributed by atoms with Crippen LogP contribution in [0.4, 0.5) is 5.69 Å². The number of nitrogens with zero attached hydrogens (tertiary/aromatic N) is 3. The highest BCUT2D eigenvalue weighted by Gasteiger charge is 2.40. The molecule has 3 heterocycles. The van der Waals surface area contributed by atoms with E-state index in [0.717, 1.165) is 30.9 Å². The summed E-state index contributed by atoms with van der Waals surface area (Å²) < 4.78 is 0. The smallest absolute Gasteiger partial charge is 0.101 e. The third kappa shape index (κ3) is 2.97. The molecule has 23 heavy (non-hydrogen) atoms. The molecular formula is C18H22N4S. The Morgan fingerprint density at radius 1 is 1.52 bits per heavy atom. The first kappa shape index (κ1) is 16.0. The number of thiophene rings is 1. The molecule has 0 aliphatic carbocycles. The fraction of sp³-hybridized carbons (Fsp3) is 0.444. The van der Waals surface area contributed by atoms with Crippen LogP contribution in [0.15, 0.2) is 29.8 Å². The van der Waals surface area contributed by atoms with Crippen molar-refractivity contribution in [2.75, 3.05) is 25.0 Å². The number of nitrogens with one attached hydrogen (secondary N) is 1. The monoisotopic (exact) mass is 326 g/mol. The average Bonchev–Trinajstić information content (AvgIpc) is 3.15. The maximum Gasteiger partial charge on any atom is 0.101 e. The van der Waals surface area contributed by atoms with Crippen LogP contribution in [0.25, 0.3) is 0 Å². The molecule has 3 rings (SSSR count). The van der Waals surface area contributed by atoms with Crippen molar-refractivity contribution in [3.63, 3.8) is 0 Å². The number of nitriles is 1. The first-order valence-electron chi connectivity index (χ1n) is 7.92. The average molecular weight is 326 g/mol. The summed E-state index contributed by atoms with van der Waals surface area (Å²) in [6, 6.07) is 8.85. The topological polar surface area (TPSA) is 52.0 Å². The predicted octanol–water partition coefficient (Wildman–Crippen LogP) is 3.46. The van der Waals surface area contributed by atoms with Crippen LogP contribution in [0.3, 0.4) is 0 Å². The summed E-state index contributed by atoms with van der Waals surface area (Å²) in [4.78, 5) is 8.40. The third-order valence-corrected chi connectivity index (χ3v) is 5.40. The number of pyridine rings is 1. The summed E-state index contributed by atoms with van der Waals surface area (Å²) in [5.41, 5.74) is 2.84. The zero-order valence-corrected chi connectivity index (χ0v) is 14.7. The van der Waals surface area contributed by atoms with E-state index in [9.17, 15) is 5.26 Å².